The lowest BCUT2D eigenvalue weighted by molar-refractivity contribution is 0.0706. The van der Waals surface area contributed by atoms with Crippen LogP contribution in [0.5, 0.6) is 5.75 Å². The minimum absolute atomic E-state index is 0.0271. The van der Waals surface area contributed by atoms with E-state index in [2.05, 4.69) is 10.4 Å². The zero-order valence-electron chi connectivity index (χ0n) is 15.4. The molecule has 0 fully saturated rings. The topological polar surface area (TPSA) is 42.4 Å². The number of hydrogen-bond donors (Lipinski definition) is 0. The van der Waals surface area contributed by atoms with E-state index in [1.54, 1.807) is 18.4 Å². The van der Waals surface area contributed by atoms with Gasteiger partial charge < -0.3 is 9.64 Å². The highest BCUT2D eigenvalue weighted by Crippen LogP contribution is 2.32. The summed E-state index contributed by atoms with van der Waals surface area (Å²) in [5.74, 6) is 0.825. The van der Waals surface area contributed by atoms with Gasteiger partial charge in [0, 0.05) is 17.5 Å². The van der Waals surface area contributed by atoms with Crippen LogP contribution in [-0.2, 0) is 0 Å². The number of aromatic nitrogens is 1. The summed E-state index contributed by atoms with van der Waals surface area (Å²) in [5.41, 5.74) is 2.92. The van der Waals surface area contributed by atoms with Gasteiger partial charge in [-0.15, -0.1) is 11.3 Å². The Bertz CT molecular complexity index is 887. The van der Waals surface area contributed by atoms with Crippen LogP contribution < -0.4 is 4.74 Å². The fourth-order valence-electron chi connectivity index (χ4n) is 2.91. The highest BCUT2D eigenvalue weighted by molar-refractivity contribution is 7.17. The average molecular weight is 387 g/mol. The number of carbonyl (C=O) groups excluding carboxylic acids is 1. The van der Waals surface area contributed by atoms with Crippen molar-refractivity contribution in [3.63, 3.8) is 0 Å². The highest BCUT2D eigenvalue weighted by Gasteiger charge is 2.25. The van der Waals surface area contributed by atoms with Crippen molar-refractivity contribution in [2.75, 3.05) is 13.7 Å². The molecule has 136 valence electrons. The van der Waals surface area contributed by atoms with E-state index < -0.39 is 0 Å². The quantitative estimate of drug-likeness (QED) is 0.569. The summed E-state index contributed by atoms with van der Waals surface area (Å²) in [4.78, 5) is 20.4. The predicted octanol–water partition coefficient (Wildman–Crippen LogP) is 5.41. The Hall–Kier alpha value is -2.18. The maximum Gasteiger partial charge on any atom is 0.266 e. The first-order valence-corrected chi connectivity index (χ1v) is 10.3. The van der Waals surface area contributed by atoms with Crippen molar-refractivity contribution in [3.8, 4) is 16.3 Å². The van der Waals surface area contributed by atoms with Crippen molar-refractivity contribution < 1.29 is 9.53 Å². The summed E-state index contributed by atoms with van der Waals surface area (Å²) in [6, 6.07) is 9.86. The number of hydrogen-bond acceptors (Lipinski definition) is 5. The Morgan fingerprint density at radius 2 is 2.15 bits per heavy atom. The number of aryl methyl sites for hydroxylation is 1. The van der Waals surface area contributed by atoms with Crippen molar-refractivity contribution in [1.29, 1.82) is 0 Å². The lowest BCUT2D eigenvalue weighted by atomic mass is 10.1. The van der Waals surface area contributed by atoms with Gasteiger partial charge in [-0.2, -0.15) is 11.3 Å². The molecule has 0 saturated heterocycles. The lowest BCUT2D eigenvalue weighted by Gasteiger charge is -2.28. The molecule has 1 aromatic carbocycles. The molecule has 0 N–H and O–H groups in total. The number of thiophene rings is 1. The molecule has 0 saturated carbocycles. The maximum atomic E-state index is 13.2. The Labute approximate surface area is 162 Å². The van der Waals surface area contributed by atoms with Crippen molar-refractivity contribution >= 4 is 28.6 Å². The first-order chi connectivity index (χ1) is 12.5. The SMILES string of the molecule is CCN(C(=O)c1sc(-c2ccsc2)nc1C)C(C)c1cccc(OC)c1. The first kappa shape index (κ1) is 18.6. The molecule has 4 nitrogen and oxygen atoms in total. The smallest absolute Gasteiger partial charge is 0.266 e. The normalized spacial score (nSPS) is 12.0. The molecule has 1 unspecified atom stereocenters. The number of amides is 1. The molecule has 1 amide bonds. The van der Waals surface area contributed by atoms with Crippen LogP contribution in [0.2, 0.25) is 0 Å². The minimum Gasteiger partial charge on any atom is -0.497 e. The van der Waals surface area contributed by atoms with E-state index in [1.807, 2.05) is 61.4 Å². The number of thiazole rings is 1. The van der Waals surface area contributed by atoms with Crippen LogP contribution in [0.4, 0.5) is 0 Å². The second kappa shape index (κ2) is 8.01. The Balaban J connectivity index is 1.89. The molecule has 0 aliphatic rings. The third kappa shape index (κ3) is 3.66. The third-order valence-electron chi connectivity index (χ3n) is 4.40. The number of ether oxygens (including phenoxy) is 1. The van der Waals surface area contributed by atoms with Gasteiger partial charge in [0.15, 0.2) is 0 Å². The molecule has 3 aromatic rings. The summed E-state index contributed by atoms with van der Waals surface area (Å²) in [5, 5.41) is 4.98. The Morgan fingerprint density at radius 1 is 1.35 bits per heavy atom. The molecule has 0 bridgehead atoms. The molecule has 2 aromatic heterocycles. The van der Waals surface area contributed by atoms with Crippen LogP contribution in [0.15, 0.2) is 41.1 Å². The summed E-state index contributed by atoms with van der Waals surface area (Å²) in [6.45, 7) is 6.59. The Morgan fingerprint density at radius 3 is 2.81 bits per heavy atom. The van der Waals surface area contributed by atoms with E-state index in [-0.39, 0.29) is 11.9 Å². The van der Waals surface area contributed by atoms with Crippen molar-refractivity contribution in [2.24, 2.45) is 0 Å². The zero-order chi connectivity index (χ0) is 18.7. The molecule has 2 heterocycles. The molecule has 1 atom stereocenters. The van der Waals surface area contributed by atoms with Crippen LogP contribution in [0.3, 0.4) is 0 Å². The molecule has 3 rings (SSSR count). The Kier molecular flexibility index (Phi) is 5.74. The molecular formula is C20H22N2O2S2. The monoisotopic (exact) mass is 386 g/mol. The van der Waals surface area contributed by atoms with Gasteiger partial charge in [-0.1, -0.05) is 12.1 Å². The van der Waals surface area contributed by atoms with Gasteiger partial charge in [0.1, 0.15) is 15.6 Å². The summed E-state index contributed by atoms with van der Waals surface area (Å²) < 4.78 is 5.32. The molecule has 0 radical (unpaired) electrons. The summed E-state index contributed by atoms with van der Waals surface area (Å²) in [6.07, 6.45) is 0. The molecule has 0 aliphatic heterocycles. The number of nitrogens with zero attached hydrogens (tertiary/aromatic N) is 2. The van der Waals surface area contributed by atoms with Crippen LogP contribution in [0, 0.1) is 6.92 Å². The molecule has 26 heavy (non-hydrogen) atoms. The number of rotatable bonds is 6. The van der Waals surface area contributed by atoms with Gasteiger partial charge in [-0.3, -0.25) is 4.79 Å². The lowest BCUT2D eigenvalue weighted by Crippen LogP contribution is -2.33. The average Bonchev–Trinajstić information content (AvgIpc) is 3.31. The second-order valence-electron chi connectivity index (χ2n) is 5.99. The first-order valence-electron chi connectivity index (χ1n) is 8.50. The van der Waals surface area contributed by atoms with E-state index in [1.165, 1.54) is 11.3 Å². The van der Waals surface area contributed by atoms with E-state index in [9.17, 15) is 4.79 Å². The summed E-state index contributed by atoms with van der Waals surface area (Å²) in [7, 11) is 1.65. The van der Waals surface area contributed by atoms with Gasteiger partial charge in [-0.25, -0.2) is 4.98 Å². The van der Waals surface area contributed by atoms with E-state index in [4.69, 9.17) is 4.74 Å². The van der Waals surface area contributed by atoms with Crippen LogP contribution in [-0.4, -0.2) is 29.4 Å². The number of carbonyl (C=O) groups is 1. The van der Waals surface area contributed by atoms with Crippen molar-refractivity contribution in [2.45, 2.75) is 26.8 Å². The molecule has 6 heteroatoms. The highest BCUT2D eigenvalue weighted by atomic mass is 32.1. The van der Waals surface area contributed by atoms with Gasteiger partial charge in [0.25, 0.3) is 5.91 Å². The van der Waals surface area contributed by atoms with Gasteiger partial charge >= 0.3 is 0 Å². The standard InChI is InChI=1S/C20H22N2O2S2/c1-5-22(14(3)15-7-6-8-17(11-15)24-4)20(23)18-13(2)21-19(26-18)16-9-10-25-12-16/h6-12,14H,5H2,1-4H3. The molecule has 0 aliphatic carbocycles. The molecular weight excluding hydrogens is 364 g/mol. The third-order valence-corrected chi connectivity index (χ3v) is 6.28. The van der Waals surface area contributed by atoms with E-state index >= 15 is 0 Å². The zero-order valence-corrected chi connectivity index (χ0v) is 17.0. The number of methoxy groups -OCH3 is 1. The minimum atomic E-state index is -0.0475. The second-order valence-corrected chi connectivity index (χ2v) is 7.77. The number of benzene rings is 1. The van der Waals surface area contributed by atoms with Crippen LogP contribution >= 0.6 is 22.7 Å². The van der Waals surface area contributed by atoms with Crippen LogP contribution in [0.1, 0.15) is 40.8 Å². The van der Waals surface area contributed by atoms with Gasteiger partial charge in [-0.05, 0) is 49.9 Å². The fourth-order valence-corrected chi connectivity index (χ4v) is 4.64. The maximum absolute atomic E-state index is 13.2. The van der Waals surface area contributed by atoms with Crippen LogP contribution in [0.25, 0.3) is 10.6 Å². The van der Waals surface area contributed by atoms with E-state index in [0.717, 1.165) is 27.6 Å². The summed E-state index contributed by atoms with van der Waals surface area (Å²) >= 11 is 3.10. The largest absolute Gasteiger partial charge is 0.497 e. The van der Waals surface area contributed by atoms with Crippen molar-refractivity contribution in [3.05, 3.63) is 57.2 Å². The predicted molar refractivity (Wildman–Crippen MR) is 108 cm³/mol. The van der Waals surface area contributed by atoms with E-state index in [0.29, 0.717) is 11.4 Å². The van der Waals surface area contributed by atoms with Gasteiger partial charge in [0.05, 0.1) is 18.8 Å². The molecule has 0 spiro atoms. The fraction of sp³-hybridized carbons (Fsp3) is 0.300. The van der Waals surface area contributed by atoms with Crippen molar-refractivity contribution in [1.82, 2.24) is 9.88 Å². The van der Waals surface area contributed by atoms with Gasteiger partial charge in [0.2, 0.25) is 0 Å².